The maximum Gasteiger partial charge on any atom is 0.0999 e. The van der Waals surface area contributed by atoms with Crippen LogP contribution in [0.2, 0.25) is 0 Å². The predicted octanol–water partition coefficient (Wildman–Crippen LogP) is 2.24. The van der Waals surface area contributed by atoms with Gasteiger partial charge in [0.25, 0.3) is 0 Å². The highest BCUT2D eigenvalue weighted by atomic mass is 16.5. The molecule has 1 aromatic rings. The molecule has 0 aliphatic heterocycles. The molecule has 0 aliphatic carbocycles. The van der Waals surface area contributed by atoms with E-state index in [4.69, 9.17) is 4.74 Å². The van der Waals surface area contributed by atoms with Crippen molar-refractivity contribution in [3.05, 3.63) is 42.2 Å². The summed E-state index contributed by atoms with van der Waals surface area (Å²) >= 11 is 0. The van der Waals surface area contributed by atoms with Gasteiger partial charge in [-0.3, -0.25) is 0 Å². The Bertz CT molecular complexity index is 267. The van der Waals surface area contributed by atoms with Crippen molar-refractivity contribution in [1.29, 1.82) is 0 Å². The zero-order chi connectivity index (χ0) is 10.2. The largest absolute Gasteiger partial charge is 0.500 e. The van der Waals surface area contributed by atoms with Crippen LogP contribution in [0, 0.1) is 0 Å². The monoisotopic (exact) mass is 191 g/mol. The number of benzene rings is 1. The van der Waals surface area contributed by atoms with Crippen LogP contribution in [0.5, 0.6) is 0 Å². The summed E-state index contributed by atoms with van der Waals surface area (Å²) in [6.45, 7) is 1.68. The van der Waals surface area contributed by atoms with Crippen molar-refractivity contribution in [2.45, 2.75) is 0 Å². The molecule has 0 heterocycles. The van der Waals surface area contributed by atoms with Gasteiger partial charge in [0.15, 0.2) is 0 Å². The second kappa shape index (κ2) is 6.22. The van der Waals surface area contributed by atoms with Crippen molar-refractivity contribution in [3.8, 4) is 0 Å². The summed E-state index contributed by atoms with van der Waals surface area (Å²) in [6.07, 6.45) is 3.72. The minimum absolute atomic E-state index is 0.732. The third-order valence-corrected chi connectivity index (χ3v) is 1.81. The Hall–Kier alpha value is -1.28. The first-order valence-electron chi connectivity index (χ1n) is 4.77. The second-order valence-corrected chi connectivity index (χ2v) is 3.39. The standard InChI is InChI=1S/C12H17NO/c1-13(2)9-11-14-10-8-12-6-4-3-5-7-12/h3-8,10H,9,11H2,1-2H3. The lowest BCUT2D eigenvalue weighted by Gasteiger charge is -2.07. The average molecular weight is 191 g/mol. The molecule has 2 nitrogen and oxygen atoms in total. The predicted molar refractivity (Wildman–Crippen MR) is 60.0 cm³/mol. The molecule has 14 heavy (non-hydrogen) atoms. The lowest BCUT2D eigenvalue weighted by molar-refractivity contribution is 0.214. The van der Waals surface area contributed by atoms with Gasteiger partial charge >= 0.3 is 0 Å². The van der Waals surface area contributed by atoms with E-state index < -0.39 is 0 Å². The van der Waals surface area contributed by atoms with E-state index >= 15 is 0 Å². The van der Waals surface area contributed by atoms with Crippen LogP contribution in [-0.4, -0.2) is 32.1 Å². The van der Waals surface area contributed by atoms with Gasteiger partial charge in [0, 0.05) is 6.54 Å². The second-order valence-electron chi connectivity index (χ2n) is 3.39. The Morgan fingerprint density at radius 1 is 1.21 bits per heavy atom. The van der Waals surface area contributed by atoms with Gasteiger partial charge in [-0.05, 0) is 25.7 Å². The molecular formula is C12H17NO. The topological polar surface area (TPSA) is 12.5 Å². The molecule has 0 aliphatic rings. The van der Waals surface area contributed by atoms with E-state index in [9.17, 15) is 0 Å². The number of ether oxygens (including phenoxy) is 1. The quantitative estimate of drug-likeness (QED) is 0.523. The van der Waals surface area contributed by atoms with Crippen LogP contribution in [0.1, 0.15) is 5.56 Å². The fraction of sp³-hybridized carbons (Fsp3) is 0.333. The Morgan fingerprint density at radius 2 is 1.93 bits per heavy atom. The van der Waals surface area contributed by atoms with Gasteiger partial charge in [-0.2, -0.15) is 0 Å². The lowest BCUT2D eigenvalue weighted by atomic mass is 10.2. The molecule has 0 spiro atoms. The lowest BCUT2D eigenvalue weighted by Crippen LogP contribution is -2.16. The highest BCUT2D eigenvalue weighted by molar-refractivity contribution is 5.47. The zero-order valence-electron chi connectivity index (χ0n) is 8.81. The zero-order valence-corrected chi connectivity index (χ0v) is 8.81. The molecule has 0 amide bonds. The maximum atomic E-state index is 5.33. The van der Waals surface area contributed by atoms with Crippen molar-refractivity contribution in [2.24, 2.45) is 0 Å². The summed E-state index contributed by atoms with van der Waals surface area (Å²) in [5.74, 6) is 0. The van der Waals surface area contributed by atoms with E-state index in [1.54, 1.807) is 6.26 Å². The normalized spacial score (nSPS) is 11.1. The van der Waals surface area contributed by atoms with Gasteiger partial charge in [-0.25, -0.2) is 0 Å². The first kappa shape index (κ1) is 10.8. The molecule has 1 aromatic carbocycles. The van der Waals surface area contributed by atoms with Gasteiger partial charge in [-0.15, -0.1) is 0 Å². The molecule has 76 valence electrons. The molecule has 2 heteroatoms. The maximum absolute atomic E-state index is 5.33. The molecular weight excluding hydrogens is 174 g/mol. The van der Waals surface area contributed by atoms with Crippen LogP contribution in [-0.2, 0) is 4.74 Å². The molecule has 0 fully saturated rings. The SMILES string of the molecule is CN(C)CCOC=Cc1ccccc1. The molecule has 0 aromatic heterocycles. The number of likely N-dealkylation sites (N-methyl/N-ethyl adjacent to an activating group) is 1. The van der Waals surface area contributed by atoms with Crippen LogP contribution in [0.15, 0.2) is 36.6 Å². The van der Waals surface area contributed by atoms with Crippen molar-refractivity contribution in [2.75, 3.05) is 27.2 Å². The van der Waals surface area contributed by atoms with Gasteiger partial charge in [0.1, 0.15) is 0 Å². The van der Waals surface area contributed by atoms with E-state index in [1.165, 1.54) is 0 Å². The molecule has 0 saturated heterocycles. The van der Waals surface area contributed by atoms with Crippen LogP contribution < -0.4 is 0 Å². The fourth-order valence-electron chi connectivity index (χ4n) is 0.994. The summed E-state index contributed by atoms with van der Waals surface area (Å²) in [7, 11) is 4.06. The Kier molecular flexibility index (Phi) is 4.79. The number of hydrogen-bond acceptors (Lipinski definition) is 2. The van der Waals surface area contributed by atoms with Crippen LogP contribution in [0.4, 0.5) is 0 Å². The van der Waals surface area contributed by atoms with Crippen LogP contribution in [0.3, 0.4) is 0 Å². The Morgan fingerprint density at radius 3 is 2.57 bits per heavy atom. The average Bonchev–Trinajstić information content (AvgIpc) is 2.18. The highest BCUT2D eigenvalue weighted by Gasteiger charge is 1.87. The third kappa shape index (κ3) is 4.67. The summed E-state index contributed by atoms with van der Waals surface area (Å²) in [5, 5.41) is 0. The minimum Gasteiger partial charge on any atom is -0.500 e. The van der Waals surface area contributed by atoms with E-state index in [-0.39, 0.29) is 0 Å². The first-order valence-corrected chi connectivity index (χ1v) is 4.77. The van der Waals surface area contributed by atoms with Crippen molar-refractivity contribution in [3.63, 3.8) is 0 Å². The molecule has 0 unspecified atom stereocenters. The van der Waals surface area contributed by atoms with Crippen molar-refractivity contribution < 1.29 is 4.74 Å². The molecule has 0 saturated carbocycles. The Labute approximate surface area is 85.8 Å². The molecule has 0 bridgehead atoms. The molecule has 0 atom stereocenters. The Balaban J connectivity index is 2.21. The number of rotatable bonds is 5. The number of hydrogen-bond donors (Lipinski definition) is 0. The smallest absolute Gasteiger partial charge is 0.0999 e. The van der Waals surface area contributed by atoms with E-state index in [0.29, 0.717) is 0 Å². The summed E-state index contributed by atoms with van der Waals surface area (Å²) in [6, 6.07) is 10.1. The van der Waals surface area contributed by atoms with E-state index in [2.05, 4.69) is 4.90 Å². The molecule has 1 rings (SSSR count). The van der Waals surface area contributed by atoms with Gasteiger partial charge in [0.05, 0.1) is 12.9 Å². The van der Waals surface area contributed by atoms with Crippen molar-refractivity contribution in [1.82, 2.24) is 4.90 Å². The van der Waals surface area contributed by atoms with E-state index in [0.717, 1.165) is 18.7 Å². The van der Waals surface area contributed by atoms with E-state index in [1.807, 2.05) is 50.5 Å². The van der Waals surface area contributed by atoms with Crippen LogP contribution >= 0.6 is 0 Å². The van der Waals surface area contributed by atoms with Crippen molar-refractivity contribution >= 4 is 6.08 Å². The van der Waals surface area contributed by atoms with Crippen LogP contribution in [0.25, 0.3) is 6.08 Å². The van der Waals surface area contributed by atoms with Gasteiger partial charge < -0.3 is 9.64 Å². The minimum atomic E-state index is 0.732. The summed E-state index contributed by atoms with van der Waals surface area (Å²) in [4.78, 5) is 2.09. The first-order chi connectivity index (χ1) is 6.79. The summed E-state index contributed by atoms with van der Waals surface area (Å²) < 4.78 is 5.33. The molecule has 0 N–H and O–H groups in total. The highest BCUT2D eigenvalue weighted by Crippen LogP contribution is 2.00. The van der Waals surface area contributed by atoms with Gasteiger partial charge in [0.2, 0.25) is 0 Å². The number of nitrogens with zero attached hydrogens (tertiary/aromatic N) is 1. The summed E-state index contributed by atoms with van der Waals surface area (Å²) in [5.41, 5.74) is 1.16. The van der Waals surface area contributed by atoms with Gasteiger partial charge in [-0.1, -0.05) is 30.3 Å². The third-order valence-electron chi connectivity index (χ3n) is 1.81. The fourth-order valence-corrected chi connectivity index (χ4v) is 0.994. The molecule has 0 radical (unpaired) electrons.